The number of aliphatic hydroxyl groups is 1. The molecule has 1 rings (SSSR count). The average molecular weight is 336 g/mol. The minimum Gasteiger partial charge on any atom is -0.396 e. The Morgan fingerprint density at radius 2 is 1.83 bits per heavy atom. The van der Waals surface area contributed by atoms with Gasteiger partial charge in [-0.3, -0.25) is 0 Å². The molecule has 1 N–H and O–H groups in total. The van der Waals surface area contributed by atoms with Crippen LogP contribution in [-0.4, -0.2) is 37.0 Å². The second-order valence-electron chi connectivity index (χ2n) is 4.24. The second kappa shape index (κ2) is 6.65. The van der Waals surface area contributed by atoms with E-state index in [-0.39, 0.29) is 17.5 Å². The van der Waals surface area contributed by atoms with E-state index in [1.807, 2.05) is 13.8 Å². The van der Waals surface area contributed by atoms with Crippen LogP contribution in [0.2, 0.25) is 0 Å². The van der Waals surface area contributed by atoms with Crippen molar-refractivity contribution >= 4 is 26.0 Å². The van der Waals surface area contributed by atoms with Gasteiger partial charge < -0.3 is 5.11 Å². The monoisotopic (exact) mass is 335 g/mol. The van der Waals surface area contributed by atoms with Crippen molar-refractivity contribution in [2.24, 2.45) is 0 Å². The Kier molecular flexibility index (Phi) is 5.78. The van der Waals surface area contributed by atoms with E-state index in [0.29, 0.717) is 13.0 Å². The highest BCUT2D eigenvalue weighted by Crippen LogP contribution is 2.20. The van der Waals surface area contributed by atoms with Gasteiger partial charge in [0, 0.05) is 23.7 Å². The summed E-state index contributed by atoms with van der Waals surface area (Å²) in [5.74, 6) is 0. The number of rotatable bonds is 6. The smallest absolute Gasteiger partial charge is 0.243 e. The number of aliphatic hydroxyl groups excluding tert-OH is 1. The zero-order valence-electron chi connectivity index (χ0n) is 10.5. The lowest BCUT2D eigenvalue weighted by Gasteiger charge is -2.25. The number of benzene rings is 1. The van der Waals surface area contributed by atoms with Crippen molar-refractivity contribution in [3.05, 3.63) is 28.7 Å². The fraction of sp³-hybridized carbons (Fsp3) is 0.500. The normalized spacial score (nSPS) is 12.3. The van der Waals surface area contributed by atoms with Crippen molar-refractivity contribution in [3.63, 3.8) is 0 Å². The van der Waals surface area contributed by atoms with Crippen LogP contribution in [0.3, 0.4) is 0 Å². The average Bonchev–Trinajstić information content (AvgIpc) is 2.29. The summed E-state index contributed by atoms with van der Waals surface area (Å²) in [6.45, 7) is 3.97. The van der Waals surface area contributed by atoms with E-state index in [0.717, 1.165) is 4.47 Å². The van der Waals surface area contributed by atoms with Gasteiger partial charge in [-0.15, -0.1) is 0 Å². The van der Waals surface area contributed by atoms with Crippen molar-refractivity contribution < 1.29 is 13.5 Å². The summed E-state index contributed by atoms with van der Waals surface area (Å²) in [6, 6.07) is 6.43. The Balaban J connectivity index is 3.05. The van der Waals surface area contributed by atoms with Gasteiger partial charge in [-0.2, -0.15) is 4.31 Å². The molecule has 0 atom stereocenters. The van der Waals surface area contributed by atoms with Gasteiger partial charge in [0.1, 0.15) is 0 Å². The van der Waals surface area contributed by atoms with Gasteiger partial charge in [0.2, 0.25) is 10.0 Å². The van der Waals surface area contributed by atoms with Gasteiger partial charge in [-0.05, 0) is 44.5 Å². The summed E-state index contributed by atoms with van der Waals surface area (Å²) in [6.07, 6.45) is 0.438. The quantitative estimate of drug-likeness (QED) is 0.867. The van der Waals surface area contributed by atoms with Crippen molar-refractivity contribution in [1.29, 1.82) is 0 Å². The molecule has 0 aliphatic rings. The first-order valence-corrected chi connectivity index (χ1v) is 8.01. The minimum atomic E-state index is -3.49. The van der Waals surface area contributed by atoms with Crippen LogP contribution in [0.1, 0.15) is 20.3 Å². The first-order chi connectivity index (χ1) is 8.39. The third-order valence-corrected chi connectivity index (χ3v) is 5.15. The van der Waals surface area contributed by atoms with E-state index in [2.05, 4.69) is 15.9 Å². The van der Waals surface area contributed by atoms with Gasteiger partial charge in [0.25, 0.3) is 0 Å². The van der Waals surface area contributed by atoms with Crippen molar-refractivity contribution in [2.75, 3.05) is 13.2 Å². The predicted octanol–water partition coefficient (Wildman–Crippen LogP) is 2.23. The third-order valence-electron chi connectivity index (χ3n) is 2.53. The van der Waals surface area contributed by atoms with Crippen molar-refractivity contribution in [2.45, 2.75) is 31.2 Å². The molecule has 1 aromatic carbocycles. The van der Waals surface area contributed by atoms with Crippen molar-refractivity contribution in [3.8, 4) is 0 Å². The van der Waals surface area contributed by atoms with Crippen molar-refractivity contribution in [1.82, 2.24) is 4.31 Å². The second-order valence-corrected chi connectivity index (χ2v) is 7.05. The molecule has 0 unspecified atom stereocenters. The molecule has 0 saturated heterocycles. The molecule has 0 amide bonds. The molecule has 0 heterocycles. The highest BCUT2D eigenvalue weighted by molar-refractivity contribution is 9.10. The van der Waals surface area contributed by atoms with E-state index in [1.165, 1.54) is 4.31 Å². The Labute approximate surface area is 117 Å². The zero-order valence-corrected chi connectivity index (χ0v) is 12.9. The maximum atomic E-state index is 12.4. The lowest BCUT2D eigenvalue weighted by molar-refractivity contribution is 0.258. The molecule has 102 valence electrons. The predicted molar refractivity (Wildman–Crippen MR) is 74.9 cm³/mol. The highest BCUT2D eigenvalue weighted by Gasteiger charge is 2.26. The first-order valence-electron chi connectivity index (χ1n) is 5.78. The highest BCUT2D eigenvalue weighted by atomic mass is 79.9. The van der Waals surface area contributed by atoms with Crippen LogP contribution >= 0.6 is 15.9 Å². The van der Waals surface area contributed by atoms with E-state index >= 15 is 0 Å². The summed E-state index contributed by atoms with van der Waals surface area (Å²) in [5.41, 5.74) is 0. The van der Waals surface area contributed by atoms with E-state index in [9.17, 15) is 8.42 Å². The van der Waals surface area contributed by atoms with E-state index in [1.54, 1.807) is 24.3 Å². The van der Waals surface area contributed by atoms with Crippen LogP contribution in [0.5, 0.6) is 0 Å². The summed E-state index contributed by atoms with van der Waals surface area (Å²) in [4.78, 5) is 0.275. The van der Waals surface area contributed by atoms with Crippen LogP contribution in [0.15, 0.2) is 33.6 Å². The van der Waals surface area contributed by atoms with Crippen LogP contribution in [0, 0.1) is 0 Å². The van der Waals surface area contributed by atoms with Gasteiger partial charge in [-0.25, -0.2) is 8.42 Å². The number of sulfonamides is 1. The summed E-state index contributed by atoms with van der Waals surface area (Å²) in [7, 11) is -3.49. The summed E-state index contributed by atoms with van der Waals surface area (Å²) < 4.78 is 27.1. The van der Waals surface area contributed by atoms with Gasteiger partial charge in [0.05, 0.1) is 4.90 Å². The molecule has 0 radical (unpaired) electrons. The third kappa shape index (κ3) is 3.78. The molecule has 0 aliphatic carbocycles. The zero-order chi connectivity index (χ0) is 13.8. The topological polar surface area (TPSA) is 57.6 Å². The molecule has 0 aliphatic heterocycles. The molecule has 4 nitrogen and oxygen atoms in total. The molecular formula is C12H18BrNO3S. The molecule has 0 spiro atoms. The number of halogens is 1. The van der Waals surface area contributed by atoms with E-state index in [4.69, 9.17) is 5.11 Å². The molecule has 0 fully saturated rings. The lowest BCUT2D eigenvalue weighted by atomic mass is 10.3. The van der Waals surface area contributed by atoms with Crippen LogP contribution < -0.4 is 0 Å². The van der Waals surface area contributed by atoms with Crippen LogP contribution in [0.4, 0.5) is 0 Å². The Morgan fingerprint density at radius 1 is 1.28 bits per heavy atom. The fourth-order valence-corrected chi connectivity index (χ4v) is 3.56. The van der Waals surface area contributed by atoms with Gasteiger partial charge in [-0.1, -0.05) is 15.9 Å². The van der Waals surface area contributed by atoms with Gasteiger partial charge in [0.15, 0.2) is 0 Å². The maximum absolute atomic E-state index is 12.4. The SMILES string of the molecule is CC(C)N(CCCO)S(=O)(=O)c1ccc(Br)cc1. The van der Waals surface area contributed by atoms with Crippen LogP contribution in [-0.2, 0) is 10.0 Å². The van der Waals surface area contributed by atoms with E-state index < -0.39 is 10.0 Å². The Bertz CT molecular complexity index is 471. The molecule has 6 heteroatoms. The molecule has 0 aromatic heterocycles. The van der Waals surface area contributed by atoms with Crippen LogP contribution in [0.25, 0.3) is 0 Å². The summed E-state index contributed by atoms with van der Waals surface area (Å²) in [5, 5.41) is 8.84. The molecular weight excluding hydrogens is 318 g/mol. The largest absolute Gasteiger partial charge is 0.396 e. The molecule has 1 aromatic rings. The maximum Gasteiger partial charge on any atom is 0.243 e. The molecule has 18 heavy (non-hydrogen) atoms. The first kappa shape index (κ1) is 15.6. The Morgan fingerprint density at radius 3 is 2.28 bits per heavy atom. The summed E-state index contributed by atoms with van der Waals surface area (Å²) >= 11 is 3.28. The standard InChI is InChI=1S/C12H18BrNO3S/c1-10(2)14(8-3-9-15)18(16,17)12-6-4-11(13)5-7-12/h4-7,10,15H,3,8-9H2,1-2H3. The minimum absolute atomic E-state index is 0.0148. The number of hydrogen-bond donors (Lipinski definition) is 1. The lowest BCUT2D eigenvalue weighted by Crippen LogP contribution is -2.38. The van der Waals surface area contributed by atoms with Gasteiger partial charge >= 0.3 is 0 Å². The fourth-order valence-electron chi connectivity index (χ4n) is 1.62. The number of hydrogen-bond acceptors (Lipinski definition) is 3. The number of nitrogens with zero attached hydrogens (tertiary/aromatic N) is 1. The Hall–Kier alpha value is -0.430. The molecule has 0 bridgehead atoms. The molecule has 0 saturated carbocycles.